The van der Waals surface area contributed by atoms with Crippen LogP contribution in [0.3, 0.4) is 0 Å². The molecule has 0 radical (unpaired) electrons. The lowest BCUT2D eigenvalue weighted by Crippen LogP contribution is -2.25. The van der Waals surface area contributed by atoms with Crippen LogP contribution in [0.2, 0.25) is 0 Å². The van der Waals surface area contributed by atoms with Crippen LogP contribution < -0.4 is 5.73 Å². The van der Waals surface area contributed by atoms with Crippen molar-refractivity contribution in [3.8, 4) is 0 Å². The maximum atomic E-state index is 12.4. The molecule has 1 aliphatic rings. The summed E-state index contributed by atoms with van der Waals surface area (Å²) in [5.74, 6) is -0.0222. The van der Waals surface area contributed by atoms with Crippen LogP contribution in [-0.4, -0.2) is 40.3 Å². The third-order valence-electron chi connectivity index (χ3n) is 4.41. The second-order valence-corrected chi connectivity index (χ2v) is 6.18. The van der Waals surface area contributed by atoms with E-state index in [1.165, 1.54) is 12.8 Å². The topological polar surface area (TPSA) is 73.4 Å². The van der Waals surface area contributed by atoms with Crippen molar-refractivity contribution in [1.82, 2.24) is 14.7 Å². The summed E-state index contributed by atoms with van der Waals surface area (Å²) >= 11 is 0. The van der Waals surface area contributed by atoms with Crippen molar-refractivity contribution in [3.05, 3.63) is 47.2 Å². The molecule has 6 heteroatoms. The molecule has 0 aliphatic carbocycles. The number of hydrogen-bond acceptors (Lipinski definition) is 5. The van der Waals surface area contributed by atoms with Gasteiger partial charge in [0.2, 0.25) is 0 Å². The van der Waals surface area contributed by atoms with Gasteiger partial charge in [0, 0.05) is 6.54 Å². The first-order chi connectivity index (χ1) is 11.6. The van der Waals surface area contributed by atoms with E-state index in [1.807, 2.05) is 30.3 Å². The van der Waals surface area contributed by atoms with E-state index >= 15 is 0 Å². The number of esters is 1. The highest BCUT2D eigenvalue weighted by molar-refractivity contribution is 5.95. The molecule has 1 aromatic carbocycles. The number of benzene rings is 1. The van der Waals surface area contributed by atoms with Crippen LogP contribution in [0, 0.1) is 6.92 Å². The van der Waals surface area contributed by atoms with Gasteiger partial charge in [-0.2, -0.15) is 5.10 Å². The Morgan fingerprint density at radius 3 is 2.62 bits per heavy atom. The van der Waals surface area contributed by atoms with Crippen LogP contribution in [0.5, 0.6) is 0 Å². The Labute approximate surface area is 142 Å². The molecule has 24 heavy (non-hydrogen) atoms. The maximum Gasteiger partial charge on any atom is 0.344 e. The molecule has 6 nitrogen and oxygen atoms in total. The second-order valence-electron chi connectivity index (χ2n) is 6.18. The minimum Gasteiger partial charge on any atom is -0.457 e. The molecular formula is C18H24N4O2. The number of hydrogen-bond donors (Lipinski definition) is 1. The van der Waals surface area contributed by atoms with Gasteiger partial charge in [0.1, 0.15) is 18.0 Å². The van der Waals surface area contributed by atoms with E-state index in [1.54, 1.807) is 11.6 Å². The largest absolute Gasteiger partial charge is 0.457 e. The monoisotopic (exact) mass is 328 g/mol. The van der Waals surface area contributed by atoms with Crippen molar-refractivity contribution >= 4 is 11.8 Å². The number of nitrogens with zero attached hydrogens (tertiary/aromatic N) is 3. The molecule has 0 saturated carbocycles. The number of aryl methyl sites for hydroxylation is 1. The molecule has 0 atom stereocenters. The predicted octanol–water partition coefficient (Wildman–Crippen LogP) is 2.23. The SMILES string of the molecule is Cc1nn(CCN2CCCC2)c(N)c1C(=O)OCc1ccccc1. The molecule has 1 saturated heterocycles. The summed E-state index contributed by atoms with van der Waals surface area (Å²) in [6.45, 7) is 5.89. The molecule has 128 valence electrons. The maximum absolute atomic E-state index is 12.4. The quantitative estimate of drug-likeness (QED) is 0.823. The Morgan fingerprint density at radius 2 is 1.92 bits per heavy atom. The van der Waals surface area contributed by atoms with Gasteiger partial charge >= 0.3 is 5.97 Å². The zero-order valence-electron chi connectivity index (χ0n) is 14.1. The summed E-state index contributed by atoms with van der Waals surface area (Å²) < 4.78 is 7.10. The van der Waals surface area contributed by atoms with Crippen LogP contribution >= 0.6 is 0 Å². The summed E-state index contributed by atoms with van der Waals surface area (Å²) in [4.78, 5) is 14.8. The van der Waals surface area contributed by atoms with Gasteiger partial charge in [-0.25, -0.2) is 9.48 Å². The van der Waals surface area contributed by atoms with Gasteiger partial charge in [0.05, 0.1) is 12.2 Å². The van der Waals surface area contributed by atoms with Crippen LogP contribution in [0.4, 0.5) is 5.82 Å². The molecule has 2 N–H and O–H groups in total. The number of nitrogen functional groups attached to an aromatic ring is 1. The number of carbonyl (C=O) groups excluding carboxylic acids is 1. The highest BCUT2D eigenvalue weighted by Gasteiger charge is 2.21. The molecule has 0 spiro atoms. The van der Waals surface area contributed by atoms with Crippen molar-refractivity contribution in [2.75, 3.05) is 25.4 Å². The van der Waals surface area contributed by atoms with Crippen molar-refractivity contribution in [1.29, 1.82) is 0 Å². The number of anilines is 1. The lowest BCUT2D eigenvalue weighted by molar-refractivity contribution is 0.0473. The Balaban J connectivity index is 1.63. The van der Waals surface area contributed by atoms with E-state index in [0.717, 1.165) is 25.2 Å². The third-order valence-corrected chi connectivity index (χ3v) is 4.41. The van der Waals surface area contributed by atoms with Crippen LogP contribution in [0.25, 0.3) is 0 Å². The summed E-state index contributed by atoms with van der Waals surface area (Å²) in [5, 5.41) is 4.41. The number of aromatic nitrogens is 2. The molecule has 1 aliphatic heterocycles. The second kappa shape index (κ2) is 7.49. The highest BCUT2D eigenvalue weighted by Crippen LogP contribution is 2.19. The lowest BCUT2D eigenvalue weighted by atomic mass is 10.2. The molecule has 2 aromatic rings. The molecule has 0 bridgehead atoms. The van der Waals surface area contributed by atoms with E-state index in [0.29, 0.717) is 23.6 Å². The molecule has 2 heterocycles. The average Bonchev–Trinajstić information content (AvgIpc) is 3.20. The van der Waals surface area contributed by atoms with Crippen LogP contribution in [0.1, 0.15) is 34.5 Å². The lowest BCUT2D eigenvalue weighted by Gasteiger charge is -2.14. The van der Waals surface area contributed by atoms with E-state index in [2.05, 4.69) is 10.00 Å². The summed E-state index contributed by atoms with van der Waals surface area (Å²) in [5.41, 5.74) is 8.09. The number of nitrogens with two attached hydrogens (primary N) is 1. The van der Waals surface area contributed by atoms with Crippen molar-refractivity contribution in [2.24, 2.45) is 0 Å². The number of likely N-dealkylation sites (tertiary alicyclic amines) is 1. The normalized spacial score (nSPS) is 14.9. The van der Waals surface area contributed by atoms with Gasteiger partial charge in [-0.1, -0.05) is 30.3 Å². The Hall–Kier alpha value is -2.34. The molecule has 0 unspecified atom stereocenters. The Bertz CT molecular complexity index is 691. The van der Waals surface area contributed by atoms with Gasteiger partial charge in [-0.3, -0.25) is 0 Å². The molecule has 1 fully saturated rings. The van der Waals surface area contributed by atoms with Crippen molar-refractivity contribution < 1.29 is 9.53 Å². The van der Waals surface area contributed by atoms with Gasteiger partial charge in [0.25, 0.3) is 0 Å². The van der Waals surface area contributed by atoms with E-state index < -0.39 is 5.97 Å². The zero-order valence-corrected chi connectivity index (χ0v) is 14.1. The van der Waals surface area contributed by atoms with E-state index in [-0.39, 0.29) is 6.61 Å². The highest BCUT2D eigenvalue weighted by atomic mass is 16.5. The fourth-order valence-electron chi connectivity index (χ4n) is 3.06. The van der Waals surface area contributed by atoms with Crippen LogP contribution in [0.15, 0.2) is 30.3 Å². The van der Waals surface area contributed by atoms with Crippen molar-refractivity contribution in [3.63, 3.8) is 0 Å². The Kier molecular flexibility index (Phi) is 5.15. The number of rotatable bonds is 6. The first-order valence-electron chi connectivity index (χ1n) is 8.41. The molecule has 3 rings (SSSR count). The number of carbonyl (C=O) groups is 1. The summed E-state index contributed by atoms with van der Waals surface area (Å²) in [7, 11) is 0. The predicted molar refractivity (Wildman–Crippen MR) is 92.6 cm³/mol. The van der Waals surface area contributed by atoms with Gasteiger partial charge < -0.3 is 15.4 Å². The van der Waals surface area contributed by atoms with Gasteiger partial charge in [0.15, 0.2) is 0 Å². The minimum absolute atomic E-state index is 0.234. The minimum atomic E-state index is -0.415. The van der Waals surface area contributed by atoms with Gasteiger partial charge in [-0.05, 0) is 38.4 Å². The zero-order chi connectivity index (χ0) is 16.9. The van der Waals surface area contributed by atoms with E-state index in [4.69, 9.17) is 10.5 Å². The third kappa shape index (κ3) is 3.76. The summed E-state index contributed by atoms with van der Waals surface area (Å²) in [6.07, 6.45) is 2.51. The Morgan fingerprint density at radius 1 is 1.21 bits per heavy atom. The first kappa shape index (κ1) is 16.5. The van der Waals surface area contributed by atoms with Crippen LogP contribution in [-0.2, 0) is 17.9 Å². The first-order valence-corrected chi connectivity index (χ1v) is 8.41. The fourth-order valence-corrected chi connectivity index (χ4v) is 3.06. The van der Waals surface area contributed by atoms with E-state index in [9.17, 15) is 4.79 Å². The van der Waals surface area contributed by atoms with Crippen molar-refractivity contribution in [2.45, 2.75) is 32.9 Å². The average molecular weight is 328 g/mol. The molecular weight excluding hydrogens is 304 g/mol. The molecule has 1 aromatic heterocycles. The standard InChI is InChI=1S/C18H24N4O2/c1-14-16(18(23)24-13-15-7-3-2-4-8-15)17(19)22(20-14)12-11-21-9-5-6-10-21/h2-4,7-8H,5-6,9-13,19H2,1H3. The summed E-state index contributed by atoms with van der Waals surface area (Å²) in [6, 6.07) is 9.60. The molecule has 0 amide bonds. The number of ether oxygens (including phenoxy) is 1. The fraction of sp³-hybridized carbons (Fsp3) is 0.444. The smallest absolute Gasteiger partial charge is 0.344 e. The van der Waals surface area contributed by atoms with Gasteiger partial charge in [-0.15, -0.1) is 0 Å².